The Balaban J connectivity index is 2.56. The second-order valence-corrected chi connectivity index (χ2v) is 4.73. The fourth-order valence-corrected chi connectivity index (χ4v) is 2.45. The monoisotopic (exact) mass is 277 g/mol. The van der Waals surface area contributed by atoms with Gasteiger partial charge in [0, 0.05) is 18.2 Å². The van der Waals surface area contributed by atoms with Crippen molar-refractivity contribution in [1.29, 1.82) is 0 Å². The molecule has 5 heteroatoms. The number of benzene rings is 1. The third kappa shape index (κ3) is 2.16. The van der Waals surface area contributed by atoms with Gasteiger partial charge in [-0.1, -0.05) is 40.9 Å². The summed E-state index contributed by atoms with van der Waals surface area (Å²) in [6.45, 7) is 1.63. The number of aromatic hydroxyl groups is 1. The third-order valence-corrected chi connectivity index (χ3v) is 3.79. The first-order valence-electron chi connectivity index (χ1n) is 4.88. The van der Waals surface area contributed by atoms with Crippen LogP contribution < -0.4 is 5.32 Å². The van der Waals surface area contributed by atoms with Crippen molar-refractivity contribution >= 4 is 40.4 Å². The highest BCUT2D eigenvalue weighted by Crippen LogP contribution is 2.42. The Kier molecular flexibility index (Phi) is 3.65. The molecule has 2 nitrogen and oxygen atoms in total. The molecule has 86 valence electrons. The molecule has 0 atom stereocenters. The highest BCUT2D eigenvalue weighted by Gasteiger charge is 2.18. The lowest BCUT2D eigenvalue weighted by Crippen LogP contribution is -2.20. The van der Waals surface area contributed by atoms with Crippen LogP contribution in [0.1, 0.15) is 12.0 Å². The lowest BCUT2D eigenvalue weighted by molar-refractivity contribution is 0.473. The average molecular weight is 279 g/mol. The van der Waals surface area contributed by atoms with Crippen LogP contribution in [0, 0.1) is 0 Å². The van der Waals surface area contributed by atoms with Crippen LogP contribution in [0.15, 0.2) is 12.1 Å². The topological polar surface area (TPSA) is 32.3 Å². The first kappa shape index (κ1) is 12.1. The van der Waals surface area contributed by atoms with E-state index in [0.29, 0.717) is 10.6 Å². The number of hydrogen-bond donors (Lipinski definition) is 2. The van der Waals surface area contributed by atoms with Crippen LogP contribution in [0.25, 0.3) is 5.57 Å². The van der Waals surface area contributed by atoms with Crippen LogP contribution in [0.4, 0.5) is 0 Å². The summed E-state index contributed by atoms with van der Waals surface area (Å²) in [6.07, 6.45) is 2.81. The lowest BCUT2D eigenvalue weighted by atomic mass is 9.99. The van der Waals surface area contributed by atoms with E-state index in [4.69, 9.17) is 34.8 Å². The summed E-state index contributed by atoms with van der Waals surface area (Å²) in [7, 11) is 0. The van der Waals surface area contributed by atoms with Crippen molar-refractivity contribution in [2.45, 2.75) is 6.42 Å². The molecule has 2 rings (SSSR count). The number of phenols is 1. The van der Waals surface area contributed by atoms with Crippen molar-refractivity contribution in [2.24, 2.45) is 0 Å². The van der Waals surface area contributed by atoms with Crippen molar-refractivity contribution in [1.82, 2.24) is 5.32 Å². The minimum absolute atomic E-state index is 0.0764. The summed E-state index contributed by atoms with van der Waals surface area (Å²) in [4.78, 5) is 0. The molecule has 0 aromatic heterocycles. The highest BCUT2D eigenvalue weighted by molar-refractivity contribution is 6.48. The Morgan fingerprint density at radius 2 is 1.94 bits per heavy atom. The fourth-order valence-electron chi connectivity index (χ4n) is 1.74. The summed E-state index contributed by atoms with van der Waals surface area (Å²) < 4.78 is 0. The molecule has 16 heavy (non-hydrogen) atoms. The third-order valence-electron chi connectivity index (χ3n) is 2.53. The van der Waals surface area contributed by atoms with Gasteiger partial charge in [-0.15, -0.1) is 0 Å². The second-order valence-electron chi connectivity index (χ2n) is 3.56. The van der Waals surface area contributed by atoms with Gasteiger partial charge in [-0.05, 0) is 18.5 Å². The smallest absolute Gasteiger partial charge is 0.126 e. The summed E-state index contributed by atoms with van der Waals surface area (Å²) in [6, 6.07) is 1.42. The normalized spacial score (nSPS) is 16.1. The predicted molar refractivity (Wildman–Crippen MR) is 68.6 cm³/mol. The maximum Gasteiger partial charge on any atom is 0.126 e. The quantitative estimate of drug-likeness (QED) is 0.767. The van der Waals surface area contributed by atoms with Gasteiger partial charge < -0.3 is 10.4 Å². The molecule has 0 fully saturated rings. The van der Waals surface area contributed by atoms with Crippen molar-refractivity contribution < 1.29 is 5.11 Å². The van der Waals surface area contributed by atoms with E-state index in [0.717, 1.165) is 25.1 Å². The van der Waals surface area contributed by atoms with Crippen LogP contribution in [0.3, 0.4) is 0 Å². The van der Waals surface area contributed by atoms with Gasteiger partial charge in [0.25, 0.3) is 0 Å². The van der Waals surface area contributed by atoms with Gasteiger partial charge in [-0.25, -0.2) is 0 Å². The molecule has 1 aromatic carbocycles. The van der Waals surface area contributed by atoms with E-state index in [-0.39, 0.29) is 15.8 Å². The van der Waals surface area contributed by atoms with Gasteiger partial charge in [0.1, 0.15) is 5.75 Å². The molecule has 1 aromatic rings. The Bertz CT molecular complexity index is 457. The summed E-state index contributed by atoms with van der Waals surface area (Å²) in [5.41, 5.74) is 1.59. The summed E-state index contributed by atoms with van der Waals surface area (Å²) >= 11 is 17.9. The van der Waals surface area contributed by atoms with Gasteiger partial charge >= 0.3 is 0 Å². The zero-order chi connectivity index (χ0) is 11.7. The minimum atomic E-state index is 0.0764. The maximum atomic E-state index is 9.86. The van der Waals surface area contributed by atoms with Crippen molar-refractivity contribution in [2.75, 3.05) is 13.1 Å². The standard InChI is InChI=1S/C11H10Cl3NO/c12-7-5-8(16)9(11(14)10(7)13)6-1-3-15-4-2-6/h1,5,15-16H,2-4H2. The zero-order valence-corrected chi connectivity index (χ0v) is 10.6. The first-order valence-corrected chi connectivity index (χ1v) is 6.01. The lowest BCUT2D eigenvalue weighted by Gasteiger charge is -2.17. The molecule has 1 heterocycles. The number of rotatable bonds is 1. The summed E-state index contributed by atoms with van der Waals surface area (Å²) in [5, 5.41) is 13.9. The average Bonchev–Trinajstić information content (AvgIpc) is 2.28. The molecule has 0 bridgehead atoms. The Hall–Kier alpha value is -0.410. The number of nitrogens with one attached hydrogen (secondary N) is 1. The number of phenolic OH excluding ortho intramolecular Hbond substituents is 1. The molecular formula is C11H10Cl3NO. The van der Waals surface area contributed by atoms with Gasteiger partial charge in [0.2, 0.25) is 0 Å². The fraction of sp³-hybridized carbons (Fsp3) is 0.273. The molecular weight excluding hydrogens is 268 g/mol. The van der Waals surface area contributed by atoms with Gasteiger partial charge in [-0.3, -0.25) is 0 Å². The Morgan fingerprint density at radius 1 is 1.19 bits per heavy atom. The van der Waals surface area contributed by atoms with E-state index in [1.165, 1.54) is 6.07 Å². The van der Waals surface area contributed by atoms with Crippen LogP contribution >= 0.6 is 34.8 Å². The number of hydrogen-bond acceptors (Lipinski definition) is 2. The second kappa shape index (κ2) is 4.84. The predicted octanol–water partition coefficient (Wildman–Crippen LogP) is 3.73. The van der Waals surface area contributed by atoms with Crippen molar-refractivity contribution in [3.8, 4) is 5.75 Å². The van der Waals surface area contributed by atoms with Gasteiger partial charge in [-0.2, -0.15) is 0 Å². The maximum absolute atomic E-state index is 9.86. The van der Waals surface area contributed by atoms with Gasteiger partial charge in [0.15, 0.2) is 0 Å². The van der Waals surface area contributed by atoms with Crippen LogP contribution in [-0.2, 0) is 0 Å². The van der Waals surface area contributed by atoms with Crippen LogP contribution in [0.5, 0.6) is 5.75 Å². The Labute approximate surface area is 109 Å². The molecule has 0 saturated carbocycles. The van der Waals surface area contributed by atoms with Crippen LogP contribution in [0.2, 0.25) is 15.1 Å². The molecule has 0 amide bonds. The summed E-state index contributed by atoms with van der Waals surface area (Å²) in [5.74, 6) is 0.0764. The largest absolute Gasteiger partial charge is 0.507 e. The molecule has 1 aliphatic rings. The SMILES string of the molecule is Oc1cc(Cl)c(Cl)c(Cl)c1C1=CCNCC1. The van der Waals surface area contributed by atoms with Crippen LogP contribution in [-0.4, -0.2) is 18.2 Å². The highest BCUT2D eigenvalue weighted by atomic mass is 35.5. The molecule has 0 unspecified atom stereocenters. The minimum Gasteiger partial charge on any atom is -0.507 e. The first-order chi connectivity index (χ1) is 7.61. The van der Waals surface area contributed by atoms with Gasteiger partial charge in [0.05, 0.1) is 15.1 Å². The van der Waals surface area contributed by atoms with E-state index in [9.17, 15) is 5.11 Å². The molecule has 0 radical (unpaired) electrons. The van der Waals surface area contributed by atoms with Crippen molar-refractivity contribution in [3.05, 3.63) is 32.8 Å². The van der Waals surface area contributed by atoms with E-state index >= 15 is 0 Å². The zero-order valence-electron chi connectivity index (χ0n) is 8.36. The number of halogens is 3. The van der Waals surface area contributed by atoms with Crippen molar-refractivity contribution in [3.63, 3.8) is 0 Å². The molecule has 1 aliphatic heterocycles. The van der Waals surface area contributed by atoms with E-state index < -0.39 is 0 Å². The van der Waals surface area contributed by atoms with E-state index in [1.807, 2.05) is 6.08 Å². The van der Waals surface area contributed by atoms with E-state index in [1.54, 1.807) is 0 Å². The van der Waals surface area contributed by atoms with E-state index in [2.05, 4.69) is 5.32 Å². The molecule has 2 N–H and O–H groups in total. The molecule has 0 aliphatic carbocycles. The molecule has 0 spiro atoms. The Morgan fingerprint density at radius 3 is 2.56 bits per heavy atom. The molecule has 0 saturated heterocycles.